The molecule has 14 aromatic rings. The summed E-state index contributed by atoms with van der Waals surface area (Å²) in [6, 6.07) is 75.1. The summed E-state index contributed by atoms with van der Waals surface area (Å²) in [6.45, 7) is 3.83. The second-order valence-electron chi connectivity index (χ2n) is 31.0. The molecule has 32 heteroatoms. The third kappa shape index (κ3) is 35.3. The number of hydrogen-bond donors (Lipinski definition) is 3. The maximum atomic E-state index is 12.4. The predicted molar refractivity (Wildman–Crippen MR) is 518 cm³/mol. The van der Waals surface area contributed by atoms with Crippen molar-refractivity contribution in [1.82, 2.24) is 20.0 Å². The number of benzene rings is 7. The van der Waals surface area contributed by atoms with Crippen molar-refractivity contribution in [2.75, 3.05) is 61.5 Å². The highest BCUT2D eigenvalue weighted by Crippen LogP contribution is 2.33. The second-order valence-corrected chi connectivity index (χ2v) is 31.0. The van der Waals surface area contributed by atoms with Crippen LogP contribution in [-0.2, 0) is 88.0 Å². The second kappa shape index (κ2) is 56.9. The quantitative estimate of drug-likeness (QED) is 0.0189. The van der Waals surface area contributed by atoms with E-state index in [9.17, 15) is 67.1 Å². The number of aryl methyl sites for hydroxylation is 7. The Labute approximate surface area is 806 Å². The van der Waals surface area contributed by atoms with Gasteiger partial charge >= 0.3 is 30.2 Å². The Bertz CT molecular complexity index is 6190. The Morgan fingerprint density at radius 2 is 0.571 bits per heavy atom. The minimum atomic E-state index is -0.951. The average molecular weight is 1910 g/mol. The van der Waals surface area contributed by atoms with E-state index >= 15 is 0 Å². The summed E-state index contributed by atoms with van der Waals surface area (Å²) in [5.74, 6) is 11.0. The highest BCUT2D eigenvalue weighted by atomic mass is 16.6. The summed E-state index contributed by atoms with van der Waals surface area (Å²) in [6.07, 6.45) is 11.7. The molecule has 0 saturated carbocycles. The maximum absolute atomic E-state index is 12.4. The molecule has 8 heterocycles. The Balaban J connectivity index is 0.000000183. The van der Waals surface area contributed by atoms with Crippen molar-refractivity contribution in [2.24, 2.45) is 5.73 Å². The Kier molecular flexibility index (Phi) is 43.3. The normalized spacial score (nSPS) is 10.9. The van der Waals surface area contributed by atoms with Gasteiger partial charge in [-0.1, -0.05) is 36.4 Å². The van der Waals surface area contributed by atoms with E-state index in [0.29, 0.717) is 162 Å². The van der Waals surface area contributed by atoms with Gasteiger partial charge in [-0.15, -0.1) is 0 Å². The van der Waals surface area contributed by atoms with Crippen LogP contribution in [0.25, 0.3) is 79.3 Å². The van der Waals surface area contributed by atoms with Crippen molar-refractivity contribution in [3.63, 3.8) is 0 Å². The number of aldehydes is 7. The van der Waals surface area contributed by atoms with Crippen LogP contribution < -0.4 is 30.0 Å². The molecular weight excluding hydrogens is 1800 g/mol. The van der Waals surface area contributed by atoms with Crippen molar-refractivity contribution < 1.29 is 127 Å². The highest BCUT2D eigenvalue weighted by Gasteiger charge is 2.21. The number of hydrogen-bond acceptors (Lipinski definition) is 26. The van der Waals surface area contributed by atoms with Crippen LogP contribution >= 0.6 is 0 Å². The average Bonchev–Trinajstić information content (AvgIpc) is 1.68. The first-order valence-corrected chi connectivity index (χ1v) is 44.5. The summed E-state index contributed by atoms with van der Waals surface area (Å²) in [4.78, 5) is 156. The molecule has 1 saturated heterocycles. The molecule has 7 aromatic heterocycles. The van der Waals surface area contributed by atoms with Crippen molar-refractivity contribution in [1.29, 1.82) is 0 Å². The summed E-state index contributed by atoms with van der Waals surface area (Å²) in [5, 5.41) is 11.2. The first-order valence-electron chi connectivity index (χ1n) is 44.5. The number of ether oxygens (including phenoxy) is 5. The van der Waals surface area contributed by atoms with Crippen LogP contribution in [0.4, 0.5) is 14.4 Å². The van der Waals surface area contributed by atoms with Crippen LogP contribution in [0, 0.1) is 0 Å². The van der Waals surface area contributed by atoms with Gasteiger partial charge in [-0.05, 0) is 218 Å². The summed E-state index contributed by atoms with van der Waals surface area (Å²) in [5.41, 5.74) is 12.6. The molecule has 1 fully saturated rings. The zero-order valence-electron chi connectivity index (χ0n) is 78.0. The predicted octanol–water partition coefficient (Wildman–Crippen LogP) is 19.6. The largest absolute Gasteiger partial charge is 0.478 e. The van der Waals surface area contributed by atoms with E-state index in [2.05, 4.69) is 5.32 Å². The zero-order valence-corrected chi connectivity index (χ0v) is 78.0. The van der Waals surface area contributed by atoms with Gasteiger partial charge in [0.05, 0.1) is 18.8 Å². The number of esters is 1. The van der Waals surface area contributed by atoms with E-state index in [0.717, 1.165) is 152 Å². The van der Waals surface area contributed by atoms with E-state index in [4.69, 9.17) is 65.4 Å². The number of amides is 5. The highest BCUT2D eigenvalue weighted by molar-refractivity contribution is 5.95. The number of furan rings is 7. The van der Waals surface area contributed by atoms with Crippen molar-refractivity contribution in [2.45, 2.75) is 96.8 Å². The van der Waals surface area contributed by atoms with Gasteiger partial charge in [-0.2, -0.15) is 0 Å². The van der Waals surface area contributed by atoms with E-state index in [1.165, 1.54) is 31.0 Å². The lowest BCUT2D eigenvalue weighted by Crippen LogP contribution is -2.40. The topological polar surface area (TPSA) is 445 Å². The smallest absolute Gasteiger partial charge is 0.414 e. The minimum absolute atomic E-state index is 0.0253. The maximum Gasteiger partial charge on any atom is 0.414 e. The molecule has 0 aliphatic carbocycles. The van der Waals surface area contributed by atoms with Gasteiger partial charge in [0.25, 0.3) is 11.8 Å². The number of aromatic carboxylic acids is 1. The Hall–Kier alpha value is -17.2. The number of carboxylic acid groups (broad SMARTS) is 1. The van der Waals surface area contributed by atoms with E-state index < -0.39 is 24.2 Å². The number of nitrogens with two attached hydrogens (primary N) is 1. The van der Waals surface area contributed by atoms with Crippen LogP contribution in [0.3, 0.4) is 0 Å². The minimum Gasteiger partial charge on any atom is -0.478 e. The lowest BCUT2D eigenvalue weighted by molar-refractivity contribution is -0.132. The monoisotopic (exact) mass is 1910 g/mol. The van der Waals surface area contributed by atoms with Gasteiger partial charge in [-0.3, -0.25) is 14.4 Å². The summed E-state index contributed by atoms with van der Waals surface area (Å²) in [7, 11) is 8.20. The van der Waals surface area contributed by atoms with E-state index in [1.807, 2.05) is 150 Å². The molecule has 0 atom stereocenters. The molecule has 4 N–H and O–H groups in total. The van der Waals surface area contributed by atoms with E-state index in [1.54, 1.807) is 130 Å². The molecule has 1 aliphatic rings. The SMILES string of the molecule is CC(=O)Oc1ccc(-c2ccc(CCC=O)o2)cc1.CN(C)C(=O)Oc1ccc(-c2ccc(CCC=O)o2)cc1.CN(C)C(=O)c1ccc(-c2ccc(CCC=O)o2)cc1.CNC(=O)Oc1ccc(-c2ccc(CCC=O)o2)cc1.NC(=O)Oc1ccc(-c2ccc(CCC=O)o2)cc1.O=CCCc1ccc(-c2ccc(C(=O)N3CCOCC3)cc2)o1.O=CCCc1ccc(-c2ccc(C(=O)O)cc2)o1. The number of carbonyl (C=O) groups is 14. The van der Waals surface area contributed by atoms with Crippen molar-refractivity contribution in [3.05, 3.63) is 312 Å². The molecule has 15 rings (SSSR count). The van der Waals surface area contributed by atoms with Crippen LogP contribution in [-0.4, -0.2) is 167 Å². The first kappa shape index (κ1) is 107. The molecular formula is C108H107N5O27. The molecule has 140 heavy (non-hydrogen) atoms. The van der Waals surface area contributed by atoms with Gasteiger partial charge in [0.2, 0.25) is 0 Å². The molecule has 0 bridgehead atoms. The van der Waals surface area contributed by atoms with Gasteiger partial charge < -0.3 is 119 Å². The molecule has 1 aliphatic heterocycles. The van der Waals surface area contributed by atoms with E-state index in [-0.39, 0.29) is 23.3 Å². The summed E-state index contributed by atoms with van der Waals surface area (Å²) >= 11 is 0. The fraction of sp³-hybridized carbons (Fsp3) is 0.222. The van der Waals surface area contributed by atoms with Crippen molar-refractivity contribution in [3.8, 4) is 102 Å². The fourth-order valence-electron chi connectivity index (χ4n) is 13.0. The molecule has 726 valence electrons. The molecule has 0 unspecified atom stereocenters. The van der Waals surface area contributed by atoms with Crippen LogP contribution in [0.1, 0.15) is 123 Å². The van der Waals surface area contributed by atoms with Gasteiger partial charge in [-0.25, -0.2) is 19.2 Å². The molecule has 0 radical (unpaired) electrons. The Morgan fingerprint density at radius 3 is 0.807 bits per heavy atom. The Morgan fingerprint density at radius 1 is 0.329 bits per heavy atom. The number of primary amides is 1. The lowest BCUT2D eigenvalue weighted by Gasteiger charge is -2.26. The number of nitrogens with zero attached hydrogens (tertiary/aromatic N) is 3. The third-order valence-electron chi connectivity index (χ3n) is 20.2. The number of carboxylic acids is 1. The lowest BCUT2D eigenvalue weighted by atomic mass is 10.1. The molecule has 0 spiro atoms. The standard InChI is InChI=1S/C18H19NO4.C16H17NO4.C16H17NO3.C15H15NO4.C15H14O4.C14H13NO4.C14H12O4/c20-11-1-2-16-7-8-17(23-16)14-3-5-15(6-4-14)18(21)19-9-12-22-13-10-19;1-17(2)16(19)21-14-7-5-12(6-8-14)15-10-9-13(20-15)4-3-11-18;1-17(2)16(19)13-7-5-12(6-8-13)15-10-9-14(20-15)4-3-11-18;1-16-15(18)20-13-6-4-11(5-7-13)14-9-8-12(19-14)3-2-10-17;1-11(17)18-14-6-4-12(5-7-14)15-9-8-13(19-15)3-2-10-16;15-14(17)19-12-5-3-10(4-6-12)13-8-7-11(18-13)2-1-9-16;15-9-1-2-12-7-8-13(18-12)10-3-5-11(6-4-10)14(16)17/h3-8,11H,1-2,9-10,12-13H2;5-11H,3-4H2,1-2H3;5-11H,3-4H2,1-2H3;4-10H,2-3H2,1H3,(H,16,18);4-10H,2-3H2,1H3;3-9H,1-2H2,(H2,15,17);3-9H,1-2H2,(H,16,17). The fourth-order valence-corrected chi connectivity index (χ4v) is 13.0. The zero-order chi connectivity index (χ0) is 101. The first-order chi connectivity index (χ1) is 67.8. The van der Waals surface area contributed by atoms with Gasteiger partial charge in [0, 0.05) is 195 Å². The third-order valence-corrected chi connectivity index (χ3v) is 20.2. The van der Waals surface area contributed by atoms with Crippen LogP contribution in [0.5, 0.6) is 23.0 Å². The van der Waals surface area contributed by atoms with Crippen molar-refractivity contribution >= 4 is 86.0 Å². The van der Waals surface area contributed by atoms with Crippen LogP contribution in [0.15, 0.2) is 286 Å². The number of morpholine rings is 1. The number of rotatable bonds is 35. The van der Waals surface area contributed by atoms with Crippen LogP contribution in [0.2, 0.25) is 0 Å². The molecule has 32 nitrogen and oxygen atoms in total. The van der Waals surface area contributed by atoms with Gasteiger partial charge in [0.1, 0.15) is 148 Å². The molecule has 7 aromatic carbocycles. The number of carbonyl (C=O) groups excluding carboxylic acids is 13. The summed E-state index contributed by atoms with van der Waals surface area (Å²) < 4.78 is 64.6. The van der Waals surface area contributed by atoms with Gasteiger partial charge in [0.15, 0.2) is 0 Å². The molecule has 5 amide bonds. The number of nitrogens with one attached hydrogen (secondary N) is 1.